The van der Waals surface area contributed by atoms with Crippen LogP contribution in [0.5, 0.6) is 0 Å². The Morgan fingerprint density at radius 2 is 1.97 bits per heavy atom. The summed E-state index contributed by atoms with van der Waals surface area (Å²) in [5, 5.41) is 17.3. The zero-order chi connectivity index (χ0) is 24.2. The molecule has 178 valence electrons. The van der Waals surface area contributed by atoms with Gasteiger partial charge in [-0.25, -0.2) is 9.97 Å². The van der Waals surface area contributed by atoms with Crippen LogP contribution in [0.4, 0.5) is 17.3 Å². The van der Waals surface area contributed by atoms with Gasteiger partial charge in [-0.15, -0.1) is 10.2 Å². The SMILES string of the molecule is Cc1cnc(N=Nc2ccc(N3CCOCC3)cc2)nc1-c1cc2c(o1)CCN(C(=O)CC#N)C2. The minimum absolute atomic E-state index is 0.116. The summed E-state index contributed by atoms with van der Waals surface area (Å²) in [6.07, 6.45) is 2.18. The molecule has 10 nitrogen and oxygen atoms in total. The number of carbonyl (C=O) groups is 1. The number of carbonyl (C=O) groups excluding carboxylic acids is 1. The number of aromatic nitrogens is 2. The molecule has 0 saturated carbocycles. The van der Waals surface area contributed by atoms with Gasteiger partial charge in [-0.3, -0.25) is 4.79 Å². The van der Waals surface area contributed by atoms with E-state index in [1.54, 1.807) is 11.1 Å². The summed E-state index contributed by atoms with van der Waals surface area (Å²) in [7, 11) is 0. The van der Waals surface area contributed by atoms with Crippen LogP contribution in [0.3, 0.4) is 0 Å². The Hall–Kier alpha value is -4.10. The van der Waals surface area contributed by atoms with Crippen LogP contribution in [0.2, 0.25) is 0 Å². The number of ether oxygens (including phenoxy) is 1. The Labute approximate surface area is 202 Å². The topological polar surface area (TPSA) is 120 Å². The Morgan fingerprint density at radius 3 is 2.74 bits per heavy atom. The first-order valence-corrected chi connectivity index (χ1v) is 11.6. The van der Waals surface area contributed by atoms with E-state index < -0.39 is 0 Å². The van der Waals surface area contributed by atoms with Crippen molar-refractivity contribution in [2.24, 2.45) is 10.2 Å². The first-order valence-electron chi connectivity index (χ1n) is 11.6. The fourth-order valence-electron chi connectivity index (χ4n) is 4.23. The Bertz CT molecular complexity index is 1290. The second-order valence-electron chi connectivity index (χ2n) is 8.48. The highest BCUT2D eigenvalue weighted by atomic mass is 16.5. The number of amides is 1. The highest BCUT2D eigenvalue weighted by Gasteiger charge is 2.25. The van der Waals surface area contributed by atoms with Gasteiger partial charge in [0.1, 0.15) is 17.9 Å². The molecule has 2 aliphatic rings. The fraction of sp³-hybridized carbons (Fsp3) is 0.360. The molecule has 4 heterocycles. The van der Waals surface area contributed by atoms with Gasteiger partial charge < -0.3 is 19.0 Å². The van der Waals surface area contributed by atoms with Crippen LogP contribution in [-0.2, 0) is 22.5 Å². The van der Waals surface area contributed by atoms with Crippen molar-refractivity contribution in [1.29, 1.82) is 5.26 Å². The number of furan rings is 1. The third-order valence-corrected chi connectivity index (χ3v) is 6.12. The van der Waals surface area contributed by atoms with Crippen molar-refractivity contribution in [2.45, 2.75) is 26.3 Å². The second-order valence-corrected chi connectivity index (χ2v) is 8.48. The Kier molecular flexibility index (Phi) is 6.50. The summed E-state index contributed by atoms with van der Waals surface area (Å²) in [6, 6.07) is 11.7. The maximum Gasteiger partial charge on any atom is 0.269 e. The third kappa shape index (κ3) is 5.05. The van der Waals surface area contributed by atoms with Gasteiger partial charge in [0.15, 0.2) is 5.76 Å². The van der Waals surface area contributed by atoms with Crippen molar-refractivity contribution < 1.29 is 13.9 Å². The maximum atomic E-state index is 12.1. The van der Waals surface area contributed by atoms with E-state index in [0.717, 1.165) is 48.9 Å². The van der Waals surface area contributed by atoms with Crippen LogP contribution >= 0.6 is 0 Å². The molecule has 2 aliphatic heterocycles. The minimum atomic E-state index is -0.167. The minimum Gasteiger partial charge on any atom is -0.459 e. The summed E-state index contributed by atoms with van der Waals surface area (Å²) in [4.78, 5) is 24.9. The van der Waals surface area contributed by atoms with Crippen molar-refractivity contribution in [3.8, 4) is 17.5 Å². The molecule has 35 heavy (non-hydrogen) atoms. The van der Waals surface area contributed by atoms with E-state index in [4.69, 9.17) is 14.4 Å². The summed E-state index contributed by atoms with van der Waals surface area (Å²) < 4.78 is 11.5. The number of azo groups is 1. The number of nitriles is 1. The lowest BCUT2D eigenvalue weighted by Gasteiger charge is -2.28. The van der Waals surface area contributed by atoms with E-state index in [2.05, 4.69) is 25.1 Å². The van der Waals surface area contributed by atoms with Gasteiger partial charge >= 0.3 is 0 Å². The number of fused-ring (bicyclic) bond motifs is 1. The van der Waals surface area contributed by atoms with Crippen LogP contribution in [0.1, 0.15) is 23.3 Å². The first kappa shape index (κ1) is 22.7. The predicted molar refractivity (Wildman–Crippen MR) is 127 cm³/mol. The maximum absolute atomic E-state index is 12.1. The number of hydrogen-bond donors (Lipinski definition) is 0. The largest absolute Gasteiger partial charge is 0.459 e. The number of aryl methyl sites for hydroxylation is 1. The van der Waals surface area contributed by atoms with E-state index in [1.165, 1.54) is 0 Å². The quantitative estimate of drug-likeness (QED) is 0.514. The Morgan fingerprint density at radius 1 is 1.17 bits per heavy atom. The normalized spacial score (nSPS) is 15.8. The molecule has 0 radical (unpaired) electrons. The summed E-state index contributed by atoms with van der Waals surface area (Å²) in [6.45, 7) is 6.11. The molecule has 1 saturated heterocycles. The van der Waals surface area contributed by atoms with Crippen LogP contribution in [0, 0.1) is 18.3 Å². The van der Waals surface area contributed by atoms with Crippen LogP contribution in [0.25, 0.3) is 11.5 Å². The fourth-order valence-corrected chi connectivity index (χ4v) is 4.23. The average Bonchev–Trinajstić information content (AvgIpc) is 3.32. The summed E-state index contributed by atoms with van der Waals surface area (Å²) in [5.74, 6) is 1.51. The molecule has 0 N–H and O–H groups in total. The first-order chi connectivity index (χ1) is 17.1. The molecule has 3 aromatic rings. The average molecular weight is 472 g/mol. The van der Waals surface area contributed by atoms with E-state index in [0.29, 0.717) is 36.7 Å². The van der Waals surface area contributed by atoms with Gasteiger partial charge in [0, 0.05) is 50.0 Å². The second kappa shape index (κ2) is 10.0. The van der Waals surface area contributed by atoms with Crippen molar-refractivity contribution in [2.75, 3.05) is 37.7 Å². The number of hydrogen-bond acceptors (Lipinski definition) is 9. The number of rotatable bonds is 5. The van der Waals surface area contributed by atoms with E-state index >= 15 is 0 Å². The Balaban J connectivity index is 1.31. The molecule has 1 aromatic carbocycles. The van der Waals surface area contributed by atoms with Crippen LogP contribution in [0.15, 0.2) is 51.2 Å². The zero-order valence-electron chi connectivity index (χ0n) is 19.5. The van der Waals surface area contributed by atoms with Gasteiger partial charge in [0.2, 0.25) is 5.91 Å². The number of morpholine rings is 1. The van der Waals surface area contributed by atoms with E-state index in [1.807, 2.05) is 43.3 Å². The standard InChI is InChI=1S/C25H25N7O3/c1-17-15-27-25(30-29-19-2-4-20(5-3-19)31-10-12-34-13-11-31)28-24(17)22-14-18-16-32(23(33)6-8-26)9-7-21(18)35-22/h2-5,14-15H,6-7,9-13,16H2,1H3. The molecule has 10 heteroatoms. The van der Waals surface area contributed by atoms with Crippen molar-refractivity contribution in [3.05, 3.63) is 53.4 Å². The lowest BCUT2D eigenvalue weighted by Crippen LogP contribution is -2.36. The molecule has 1 fully saturated rings. The van der Waals surface area contributed by atoms with Crippen LogP contribution in [-0.4, -0.2) is 53.6 Å². The van der Waals surface area contributed by atoms with E-state index in [-0.39, 0.29) is 18.3 Å². The van der Waals surface area contributed by atoms with Crippen LogP contribution < -0.4 is 4.90 Å². The van der Waals surface area contributed by atoms with Gasteiger partial charge in [-0.05, 0) is 42.8 Å². The number of benzene rings is 1. The third-order valence-electron chi connectivity index (χ3n) is 6.12. The molecule has 1 amide bonds. The molecule has 0 spiro atoms. The summed E-state index contributed by atoms with van der Waals surface area (Å²) >= 11 is 0. The molecule has 0 aliphatic carbocycles. The van der Waals surface area contributed by atoms with Crippen molar-refractivity contribution >= 4 is 23.2 Å². The lowest BCUT2D eigenvalue weighted by molar-refractivity contribution is -0.131. The zero-order valence-corrected chi connectivity index (χ0v) is 19.5. The predicted octanol–water partition coefficient (Wildman–Crippen LogP) is 4.10. The smallest absolute Gasteiger partial charge is 0.269 e. The molecular weight excluding hydrogens is 446 g/mol. The molecule has 2 aromatic heterocycles. The monoisotopic (exact) mass is 471 g/mol. The number of anilines is 1. The van der Waals surface area contributed by atoms with E-state index in [9.17, 15) is 4.79 Å². The molecule has 0 bridgehead atoms. The van der Waals surface area contributed by atoms with Gasteiger partial charge in [-0.2, -0.15) is 5.26 Å². The highest BCUT2D eigenvalue weighted by molar-refractivity contribution is 5.78. The van der Waals surface area contributed by atoms with Gasteiger partial charge in [-0.1, -0.05) is 0 Å². The number of nitrogens with zero attached hydrogens (tertiary/aromatic N) is 7. The van der Waals surface area contributed by atoms with Crippen molar-refractivity contribution in [3.63, 3.8) is 0 Å². The summed E-state index contributed by atoms with van der Waals surface area (Å²) in [5.41, 5.74) is 4.27. The highest BCUT2D eigenvalue weighted by Crippen LogP contribution is 2.31. The van der Waals surface area contributed by atoms with Crippen molar-refractivity contribution in [1.82, 2.24) is 14.9 Å². The molecule has 0 atom stereocenters. The van der Waals surface area contributed by atoms with Gasteiger partial charge in [0.25, 0.3) is 5.95 Å². The molecule has 5 rings (SSSR count). The lowest BCUT2D eigenvalue weighted by atomic mass is 10.1. The molecule has 0 unspecified atom stereocenters. The van der Waals surface area contributed by atoms with Gasteiger partial charge in [0.05, 0.1) is 25.0 Å². The molecular formula is C25H25N7O3.